The Balaban J connectivity index is 1.46. The molecule has 1 aromatic heterocycles. The van der Waals surface area contributed by atoms with Gasteiger partial charge in [-0.3, -0.25) is 0 Å². The van der Waals surface area contributed by atoms with E-state index in [0.29, 0.717) is 60.3 Å². The third-order valence-electron chi connectivity index (χ3n) is 7.82. The van der Waals surface area contributed by atoms with Gasteiger partial charge in [-0.15, -0.1) is 0 Å². The number of rotatable bonds is 2. The summed E-state index contributed by atoms with van der Waals surface area (Å²) in [6, 6.07) is 19.6. The number of benzene rings is 4. The quantitative estimate of drug-likeness (QED) is 0.144. The van der Waals surface area contributed by atoms with Crippen LogP contribution in [0.1, 0.15) is 11.1 Å². The second-order valence-electron chi connectivity index (χ2n) is 10.4. The first-order valence-electron chi connectivity index (χ1n) is 13.5. The summed E-state index contributed by atoms with van der Waals surface area (Å²) in [6.07, 6.45) is -5.38. The fraction of sp³-hybridized carbons (Fsp3) is 0.0588. The lowest BCUT2D eigenvalue weighted by atomic mass is 10.0. The van der Waals surface area contributed by atoms with Crippen LogP contribution in [0.4, 0.5) is 26.3 Å². The van der Waals surface area contributed by atoms with E-state index in [9.17, 15) is 36.9 Å². The molecule has 0 unspecified atom stereocenters. The van der Waals surface area contributed by atoms with E-state index in [4.69, 9.17) is 9.97 Å². The van der Waals surface area contributed by atoms with E-state index >= 15 is 0 Å². The van der Waals surface area contributed by atoms with Crippen molar-refractivity contribution in [2.75, 3.05) is 0 Å². The molecule has 6 nitrogen and oxygen atoms in total. The predicted molar refractivity (Wildman–Crippen MR) is 158 cm³/mol. The van der Waals surface area contributed by atoms with Crippen LogP contribution in [0.25, 0.3) is 65.9 Å². The predicted octanol–water partition coefficient (Wildman–Crippen LogP) is 8.10. The summed E-state index contributed by atoms with van der Waals surface area (Å²) in [5.41, 5.74) is 1.95. The van der Waals surface area contributed by atoms with Crippen LogP contribution in [0.2, 0.25) is 0 Å². The summed E-state index contributed by atoms with van der Waals surface area (Å²) < 4.78 is 78.6. The fourth-order valence-corrected chi connectivity index (χ4v) is 5.68. The van der Waals surface area contributed by atoms with Gasteiger partial charge in [-0.05, 0) is 58.7 Å². The molecule has 0 radical (unpaired) electrons. The number of hydrogen-bond donors (Lipinski definition) is 0. The van der Waals surface area contributed by atoms with Gasteiger partial charge < -0.3 is 0 Å². The van der Waals surface area contributed by atoms with Crippen molar-refractivity contribution in [3.63, 3.8) is 0 Å². The largest absolute Gasteiger partial charge is 0.416 e. The van der Waals surface area contributed by atoms with Crippen molar-refractivity contribution < 1.29 is 26.3 Å². The molecule has 1 heterocycles. The molecule has 7 rings (SSSR count). The van der Waals surface area contributed by atoms with E-state index in [1.54, 1.807) is 48.8 Å². The minimum Gasteiger partial charge on any atom is -0.241 e. The monoisotopic (exact) mass is 620 g/mol. The van der Waals surface area contributed by atoms with Crippen molar-refractivity contribution in [1.82, 2.24) is 9.97 Å². The first-order chi connectivity index (χ1) is 22.0. The van der Waals surface area contributed by atoms with Gasteiger partial charge in [0.05, 0.1) is 22.2 Å². The maximum atomic E-state index is 13.1. The Bertz CT molecular complexity index is 2560. The minimum atomic E-state index is -4.48. The Morgan fingerprint density at radius 2 is 0.848 bits per heavy atom. The number of aromatic nitrogens is 2. The molecular weight excluding hydrogens is 606 g/mol. The van der Waals surface area contributed by atoms with Crippen LogP contribution in [-0.2, 0) is 12.4 Å². The second-order valence-corrected chi connectivity index (χ2v) is 10.4. The normalized spacial score (nSPS) is 13.2. The number of hydrogen-bond acceptors (Lipinski definition) is 6. The van der Waals surface area contributed by atoms with Gasteiger partial charge >= 0.3 is 12.4 Å². The number of nitrogens with zero attached hydrogens (tertiary/aromatic N) is 6. The van der Waals surface area contributed by atoms with Crippen molar-refractivity contribution in [2.45, 2.75) is 12.4 Å². The van der Waals surface area contributed by atoms with Gasteiger partial charge in [0, 0.05) is 21.5 Å². The highest BCUT2D eigenvalue weighted by molar-refractivity contribution is 6.15. The maximum Gasteiger partial charge on any atom is 0.416 e. The summed E-state index contributed by atoms with van der Waals surface area (Å²) in [6.45, 7) is 0. The molecule has 7 aromatic rings. The SMILES string of the molecule is N#C/N=c1\c2cc(-c3ccc(C(F)(F)F)cc3)ccc2c2nc3/c(=N/C#N)c4ccc(-c5ccc(C(F)(F)F)cc5)cc4c3nc12. The zero-order valence-electron chi connectivity index (χ0n) is 23.0. The molecule has 0 atom stereocenters. The average molecular weight is 621 g/mol. The lowest BCUT2D eigenvalue weighted by molar-refractivity contribution is -0.138. The zero-order valence-corrected chi connectivity index (χ0v) is 23.0. The average Bonchev–Trinajstić information content (AvgIpc) is 3.50. The summed E-state index contributed by atoms with van der Waals surface area (Å²) >= 11 is 0. The highest BCUT2D eigenvalue weighted by Crippen LogP contribution is 2.35. The van der Waals surface area contributed by atoms with Gasteiger partial charge in [-0.1, -0.05) is 48.5 Å². The molecule has 0 N–H and O–H groups in total. The Kier molecular flexibility index (Phi) is 6.35. The molecule has 0 aliphatic heterocycles. The van der Waals surface area contributed by atoms with E-state index in [2.05, 4.69) is 9.98 Å². The number of halogens is 6. The van der Waals surface area contributed by atoms with Gasteiger partial charge in [0.25, 0.3) is 0 Å². The molecule has 12 heteroatoms. The number of fused-ring (bicyclic) bond motifs is 6. The van der Waals surface area contributed by atoms with Crippen LogP contribution in [0.3, 0.4) is 0 Å². The molecule has 0 saturated carbocycles. The van der Waals surface area contributed by atoms with E-state index in [1.165, 1.54) is 24.3 Å². The van der Waals surface area contributed by atoms with E-state index in [0.717, 1.165) is 24.3 Å². The standard InChI is InChI=1S/C34H14F6N6/c35-33(36,37)21-7-1-17(2-8-21)19-6-12-24-25(13-19)28(44-16-42)32-29(24)45-31-27(43-15-41)23-11-5-20(14-26(23)30(31)46-32)18-3-9-22(10-4-18)34(38,39)40/h1-14H/b43-27+,44-28+. The summed E-state index contributed by atoms with van der Waals surface area (Å²) in [7, 11) is 0. The molecule has 0 aliphatic carbocycles. The first-order valence-corrected chi connectivity index (χ1v) is 13.5. The smallest absolute Gasteiger partial charge is 0.241 e. The van der Waals surface area contributed by atoms with Crippen LogP contribution in [0.5, 0.6) is 0 Å². The lowest BCUT2D eigenvalue weighted by Gasteiger charge is -2.08. The second kappa shape index (κ2) is 10.2. The maximum absolute atomic E-state index is 13.1. The molecule has 0 spiro atoms. The topological polar surface area (TPSA) is 98.1 Å². The van der Waals surface area contributed by atoms with E-state index < -0.39 is 23.5 Å². The highest BCUT2D eigenvalue weighted by Gasteiger charge is 2.31. The molecule has 0 amide bonds. The van der Waals surface area contributed by atoms with Gasteiger partial charge in [0.2, 0.25) is 12.4 Å². The summed E-state index contributed by atoms with van der Waals surface area (Å²) in [4.78, 5) is 17.7. The third-order valence-corrected chi connectivity index (χ3v) is 7.82. The van der Waals surface area contributed by atoms with E-state index in [1.807, 2.05) is 0 Å². The van der Waals surface area contributed by atoms with Crippen molar-refractivity contribution in [1.29, 1.82) is 10.5 Å². The molecule has 0 saturated heterocycles. The molecule has 0 fully saturated rings. The minimum absolute atomic E-state index is 0.211. The van der Waals surface area contributed by atoms with Gasteiger partial charge in [-0.25, -0.2) is 9.97 Å². The Labute approximate surface area is 254 Å². The van der Waals surface area contributed by atoms with Crippen LogP contribution in [-0.4, -0.2) is 9.97 Å². The number of alkyl halides is 6. The lowest BCUT2D eigenvalue weighted by Crippen LogP contribution is -2.04. The first kappa shape index (κ1) is 28.6. The van der Waals surface area contributed by atoms with Gasteiger partial charge in [0.15, 0.2) is 0 Å². The number of nitriles is 2. The highest BCUT2D eigenvalue weighted by atomic mass is 19.4. The summed E-state index contributed by atoms with van der Waals surface area (Å²) in [5.74, 6) is 0. The molecule has 0 aliphatic rings. The summed E-state index contributed by atoms with van der Waals surface area (Å²) in [5, 5.41) is 21.6. The van der Waals surface area contributed by atoms with Crippen molar-refractivity contribution >= 4 is 43.6 Å². The van der Waals surface area contributed by atoms with Crippen molar-refractivity contribution in [3.8, 4) is 34.6 Å². The van der Waals surface area contributed by atoms with Crippen molar-refractivity contribution in [3.05, 3.63) is 107 Å². The molecular formula is C34H14F6N6. The Morgan fingerprint density at radius 3 is 1.30 bits per heavy atom. The van der Waals surface area contributed by atoms with Crippen LogP contribution >= 0.6 is 0 Å². The fourth-order valence-electron chi connectivity index (χ4n) is 5.68. The molecule has 6 aromatic carbocycles. The molecule has 46 heavy (non-hydrogen) atoms. The van der Waals surface area contributed by atoms with E-state index in [-0.39, 0.29) is 16.2 Å². The van der Waals surface area contributed by atoms with Gasteiger partial charge in [0.1, 0.15) is 21.7 Å². The van der Waals surface area contributed by atoms with Crippen molar-refractivity contribution in [2.24, 2.45) is 9.98 Å². The molecule has 222 valence electrons. The van der Waals surface area contributed by atoms with Crippen LogP contribution < -0.4 is 10.7 Å². The van der Waals surface area contributed by atoms with Crippen LogP contribution in [0, 0.1) is 22.9 Å². The Hall–Kier alpha value is -6.14. The molecule has 0 bridgehead atoms. The zero-order chi connectivity index (χ0) is 32.4. The van der Waals surface area contributed by atoms with Crippen LogP contribution in [0.15, 0.2) is 94.9 Å². The Morgan fingerprint density at radius 1 is 0.457 bits per heavy atom. The van der Waals surface area contributed by atoms with Gasteiger partial charge in [-0.2, -0.15) is 46.9 Å². The third kappa shape index (κ3) is 4.59.